The number of benzene rings is 2. The van der Waals surface area contributed by atoms with E-state index in [1.54, 1.807) is 19.1 Å². The van der Waals surface area contributed by atoms with Gasteiger partial charge in [-0.3, -0.25) is 9.36 Å². The Hall–Kier alpha value is -2.43. The Labute approximate surface area is 150 Å². The number of nitriles is 1. The van der Waals surface area contributed by atoms with E-state index in [2.05, 4.69) is 4.98 Å². The van der Waals surface area contributed by atoms with Crippen LogP contribution < -0.4 is 5.56 Å². The van der Waals surface area contributed by atoms with Crippen LogP contribution in [-0.2, 0) is 0 Å². The van der Waals surface area contributed by atoms with Crippen molar-refractivity contribution in [3.8, 4) is 11.8 Å². The van der Waals surface area contributed by atoms with Gasteiger partial charge in [0.15, 0.2) is 5.16 Å². The molecule has 1 aromatic heterocycles. The van der Waals surface area contributed by atoms with E-state index < -0.39 is 22.4 Å². The number of fused-ring (bicyclic) bond motifs is 1. The molecule has 1 atom stereocenters. The molecular formula is C17H10ClF2N3OS. The third-order valence-electron chi connectivity index (χ3n) is 3.41. The van der Waals surface area contributed by atoms with Crippen molar-refractivity contribution in [1.29, 1.82) is 5.26 Å². The summed E-state index contributed by atoms with van der Waals surface area (Å²) in [6.07, 6.45) is 0. The Morgan fingerprint density at radius 1 is 1.28 bits per heavy atom. The van der Waals surface area contributed by atoms with E-state index in [0.717, 1.165) is 28.5 Å². The largest absolute Gasteiger partial charge is 0.268 e. The second kappa shape index (κ2) is 6.82. The normalized spacial score (nSPS) is 12.1. The fraction of sp³-hybridized carbons (Fsp3) is 0.118. The van der Waals surface area contributed by atoms with Gasteiger partial charge in [0.05, 0.1) is 27.9 Å². The average Bonchev–Trinajstić information content (AvgIpc) is 2.57. The van der Waals surface area contributed by atoms with Gasteiger partial charge in [-0.1, -0.05) is 23.4 Å². The third-order valence-corrected chi connectivity index (χ3v) is 4.59. The van der Waals surface area contributed by atoms with Crippen LogP contribution in [0.25, 0.3) is 16.6 Å². The van der Waals surface area contributed by atoms with Crippen LogP contribution in [0.3, 0.4) is 0 Å². The van der Waals surface area contributed by atoms with Gasteiger partial charge in [-0.2, -0.15) is 5.26 Å². The van der Waals surface area contributed by atoms with Crippen LogP contribution in [0.2, 0.25) is 5.02 Å². The summed E-state index contributed by atoms with van der Waals surface area (Å²) in [4.78, 5) is 17.3. The monoisotopic (exact) mass is 377 g/mol. The molecule has 3 aromatic rings. The Morgan fingerprint density at radius 3 is 2.72 bits per heavy atom. The first kappa shape index (κ1) is 17.4. The van der Waals surface area contributed by atoms with Gasteiger partial charge in [-0.05, 0) is 37.3 Å². The third kappa shape index (κ3) is 3.36. The predicted octanol–water partition coefficient (Wildman–Crippen LogP) is 4.32. The van der Waals surface area contributed by atoms with E-state index in [4.69, 9.17) is 16.9 Å². The Morgan fingerprint density at radius 2 is 2.04 bits per heavy atom. The number of nitrogens with zero attached hydrogens (tertiary/aromatic N) is 3. The zero-order valence-electron chi connectivity index (χ0n) is 12.8. The van der Waals surface area contributed by atoms with Crippen molar-refractivity contribution in [2.45, 2.75) is 17.3 Å². The second-order valence-corrected chi connectivity index (χ2v) is 6.93. The van der Waals surface area contributed by atoms with Crippen molar-refractivity contribution in [3.05, 3.63) is 63.4 Å². The molecule has 4 nitrogen and oxygen atoms in total. The standard InChI is InChI=1S/C17H10ClF2N3OS/c1-9(8-21)25-17-22-14-4-2-10(18)6-12(14)16(24)23(17)15-5-3-11(19)7-13(15)20/h2-7,9H,1H3/t9-/m1/s1. The number of aromatic nitrogens is 2. The lowest BCUT2D eigenvalue weighted by molar-refractivity contribution is 0.572. The summed E-state index contributed by atoms with van der Waals surface area (Å²) in [6.45, 7) is 1.63. The number of hydrogen-bond donors (Lipinski definition) is 0. The van der Waals surface area contributed by atoms with Gasteiger partial charge in [0, 0.05) is 11.1 Å². The van der Waals surface area contributed by atoms with Crippen LogP contribution in [0.4, 0.5) is 8.78 Å². The fourth-order valence-electron chi connectivity index (χ4n) is 2.28. The van der Waals surface area contributed by atoms with Gasteiger partial charge in [-0.15, -0.1) is 0 Å². The van der Waals surface area contributed by atoms with Crippen molar-refractivity contribution in [1.82, 2.24) is 9.55 Å². The number of thioether (sulfide) groups is 1. The summed E-state index contributed by atoms with van der Waals surface area (Å²) >= 11 is 6.95. The zero-order chi connectivity index (χ0) is 18.1. The van der Waals surface area contributed by atoms with Crippen LogP contribution in [0.1, 0.15) is 6.92 Å². The van der Waals surface area contributed by atoms with Gasteiger partial charge in [0.1, 0.15) is 11.6 Å². The van der Waals surface area contributed by atoms with Crippen LogP contribution in [0, 0.1) is 23.0 Å². The van der Waals surface area contributed by atoms with Gasteiger partial charge in [0.25, 0.3) is 5.56 Å². The van der Waals surface area contributed by atoms with Gasteiger partial charge < -0.3 is 0 Å². The van der Waals surface area contributed by atoms with Crippen LogP contribution in [0.15, 0.2) is 46.3 Å². The van der Waals surface area contributed by atoms with Crippen molar-refractivity contribution < 1.29 is 8.78 Å². The van der Waals surface area contributed by atoms with Gasteiger partial charge in [0.2, 0.25) is 0 Å². The highest BCUT2D eigenvalue weighted by atomic mass is 35.5. The number of rotatable bonds is 3. The molecule has 0 aliphatic carbocycles. The molecule has 0 spiro atoms. The van der Waals surface area contributed by atoms with E-state index >= 15 is 0 Å². The quantitative estimate of drug-likeness (QED) is 0.503. The lowest BCUT2D eigenvalue weighted by atomic mass is 10.2. The molecule has 2 aromatic carbocycles. The van der Waals surface area contributed by atoms with Crippen LogP contribution >= 0.6 is 23.4 Å². The molecule has 25 heavy (non-hydrogen) atoms. The molecule has 0 saturated heterocycles. The summed E-state index contributed by atoms with van der Waals surface area (Å²) in [6, 6.07) is 9.52. The number of hydrogen-bond acceptors (Lipinski definition) is 4. The molecule has 0 amide bonds. The van der Waals surface area contributed by atoms with Crippen molar-refractivity contribution in [3.63, 3.8) is 0 Å². The molecule has 126 valence electrons. The van der Waals surface area contributed by atoms with Gasteiger partial charge >= 0.3 is 0 Å². The maximum atomic E-state index is 14.3. The van der Waals surface area contributed by atoms with Crippen molar-refractivity contribution in [2.24, 2.45) is 0 Å². The van der Waals surface area contributed by atoms with E-state index in [9.17, 15) is 13.6 Å². The Balaban J connectivity index is 2.37. The molecule has 0 N–H and O–H groups in total. The first-order valence-electron chi connectivity index (χ1n) is 7.14. The molecule has 0 aliphatic rings. The first-order valence-corrected chi connectivity index (χ1v) is 8.40. The molecule has 8 heteroatoms. The summed E-state index contributed by atoms with van der Waals surface area (Å²) in [7, 11) is 0. The molecule has 0 saturated carbocycles. The van der Waals surface area contributed by atoms with Crippen molar-refractivity contribution >= 4 is 34.3 Å². The predicted molar refractivity (Wildman–Crippen MR) is 93.2 cm³/mol. The van der Waals surface area contributed by atoms with E-state index in [0.29, 0.717) is 16.6 Å². The molecule has 0 bridgehead atoms. The number of halogens is 3. The molecule has 1 heterocycles. The minimum Gasteiger partial charge on any atom is -0.268 e. The van der Waals surface area contributed by atoms with Crippen LogP contribution in [0.5, 0.6) is 0 Å². The minimum atomic E-state index is -0.906. The van der Waals surface area contributed by atoms with E-state index in [-0.39, 0.29) is 16.2 Å². The lowest BCUT2D eigenvalue weighted by Gasteiger charge is -2.14. The fourth-order valence-corrected chi connectivity index (χ4v) is 3.25. The summed E-state index contributed by atoms with van der Waals surface area (Å²) in [5, 5.41) is 9.19. The summed E-state index contributed by atoms with van der Waals surface area (Å²) in [5.74, 6) is -1.66. The Kier molecular flexibility index (Phi) is 4.75. The molecule has 0 aliphatic heterocycles. The maximum Gasteiger partial charge on any atom is 0.266 e. The van der Waals surface area contributed by atoms with Crippen molar-refractivity contribution in [2.75, 3.05) is 0 Å². The maximum absolute atomic E-state index is 14.3. The van der Waals surface area contributed by atoms with Gasteiger partial charge in [-0.25, -0.2) is 13.8 Å². The molecule has 0 radical (unpaired) electrons. The SMILES string of the molecule is C[C@H](C#N)Sc1nc2ccc(Cl)cc2c(=O)n1-c1ccc(F)cc1F. The molecule has 3 rings (SSSR count). The highest BCUT2D eigenvalue weighted by molar-refractivity contribution is 8.00. The Bertz CT molecular complexity index is 1080. The smallest absolute Gasteiger partial charge is 0.266 e. The summed E-state index contributed by atoms with van der Waals surface area (Å²) < 4.78 is 28.5. The lowest BCUT2D eigenvalue weighted by Crippen LogP contribution is -2.23. The highest BCUT2D eigenvalue weighted by Gasteiger charge is 2.18. The molecule has 0 unspecified atom stereocenters. The highest BCUT2D eigenvalue weighted by Crippen LogP contribution is 2.26. The average molecular weight is 378 g/mol. The molecular weight excluding hydrogens is 368 g/mol. The second-order valence-electron chi connectivity index (χ2n) is 5.18. The van der Waals surface area contributed by atoms with E-state index in [1.807, 2.05) is 6.07 Å². The minimum absolute atomic E-state index is 0.138. The molecule has 0 fully saturated rings. The first-order chi connectivity index (χ1) is 11.9. The topological polar surface area (TPSA) is 58.7 Å². The summed E-state index contributed by atoms with van der Waals surface area (Å²) in [5.41, 5.74) is -0.320. The zero-order valence-corrected chi connectivity index (χ0v) is 14.4. The van der Waals surface area contributed by atoms with Crippen LogP contribution in [-0.4, -0.2) is 14.8 Å². The van der Waals surface area contributed by atoms with E-state index in [1.165, 1.54) is 6.07 Å².